The highest BCUT2D eigenvalue weighted by Gasteiger charge is 2.18. The van der Waals surface area contributed by atoms with Crippen molar-refractivity contribution in [2.75, 3.05) is 7.11 Å². The number of nitro groups is 1. The lowest BCUT2D eigenvalue weighted by Gasteiger charge is -2.16. The second-order valence-electron chi connectivity index (χ2n) is 4.53. The van der Waals surface area contributed by atoms with Gasteiger partial charge in [0.05, 0.1) is 23.7 Å². The highest BCUT2D eigenvalue weighted by atomic mass is 35.5. The molecule has 2 atom stereocenters. The summed E-state index contributed by atoms with van der Waals surface area (Å²) in [6, 6.07) is 3.77. The number of hydrogen-bond acceptors (Lipinski definition) is 4. The smallest absolute Gasteiger partial charge is 0.273 e. The number of nitro benzene ring substituents is 1. The SMILES string of the molecule is COc1cc([N+](=O)[O-])ccc1C(=O)NC(C)CC(C)Cl. The Labute approximate surface area is 122 Å². The molecule has 6 nitrogen and oxygen atoms in total. The van der Waals surface area contributed by atoms with Gasteiger partial charge < -0.3 is 10.1 Å². The number of rotatable bonds is 6. The van der Waals surface area contributed by atoms with Crippen LogP contribution in [0.2, 0.25) is 0 Å². The van der Waals surface area contributed by atoms with Gasteiger partial charge in [-0.2, -0.15) is 0 Å². The van der Waals surface area contributed by atoms with E-state index in [9.17, 15) is 14.9 Å². The van der Waals surface area contributed by atoms with Crippen LogP contribution in [0.4, 0.5) is 5.69 Å². The van der Waals surface area contributed by atoms with Gasteiger partial charge in [0.2, 0.25) is 0 Å². The summed E-state index contributed by atoms with van der Waals surface area (Å²) in [5.74, 6) is -0.176. The molecule has 0 aromatic heterocycles. The van der Waals surface area contributed by atoms with Crippen LogP contribution in [-0.4, -0.2) is 29.4 Å². The maximum atomic E-state index is 12.1. The molecule has 0 radical (unpaired) electrons. The van der Waals surface area contributed by atoms with Crippen LogP contribution >= 0.6 is 11.6 Å². The number of benzene rings is 1. The van der Waals surface area contributed by atoms with Gasteiger partial charge in [-0.25, -0.2) is 0 Å². The molecule has 1 amide bonds. The summed E-state index contributed by atoms with van der Waals surface area (Å²) in [6.07, 6.45) is 0.628. The number of ether oxygens (including phenoxy) is 1. The van der Waals surface area contributed by atoms with Gasteiger partial charge >= 0.3 is 0 Å². The van der Waals surface area contributed by atoms with E-state index in [0.717, 1.165) is 0 Å². The predicted octanol–water partition coefficient (Wildman–Crippen LogP) is 2.74. The molecule has 7 heteroatoms. The van der Waals surface area contributed by atoms with Crippen molar-refractivity contribution in [1.82, 2.24) is 5.32 Å². The first-order chi connectivity index (χ1) is 9.35. The highest BCUT2D eigenvalue weighted by Crippen LogP contribution is 2.24. The average Bonchev–Trinajstić information content (AvgIpc) is 2.36. The molecular formula is C13H17ClN2O4. The van der Waals surface area contributed by atoms with Crippen LogP contribution in [0.3, 0.4) is 0 Å². The number of non-ortho nitro benzene ring substituents is 1. The number of nitrogens with zero attached hydrogens (tertiary/aromatic N) is 1. The molecule has 0 aliphatic rings. The van der Waals surface area contributed by atoms with Gasteiger partial charge in [0.15, 0.2) is 0 Å². The van der Waals surface area contributed by atoms with Crippen molar-refractivity contribution in [1.29, 1.82) is 0 Å². The standard InChI is InChI=1S/C13H17ClN2O4/c1-8(14)6-9(2)15-13(17)11-5-4-10(16(18)19)7-12(11)20-3/h4-5,7-9H,6H2,1-3H3,(H,15,17). The number of carbonyl (C=O) groups excluding carboxylic acids is 1. The summed E-state index contributed by atoms with van der Waals surface area (Å²) in [4.78, 5) is 22.2. The lowest BCUT2D eigenvalue weighted by Crippen LogP contribution is -2.34. The lowest BCUT2D eigenvalue weighted by molar-refractivity contribution is -0.384. The van der Waals surface area contributed by atoms with E-state index in [1.165, 1.54) is 25.3 Å². The third-order valence-corrected chi connectivity index (χ3v) is 2.87. The summed E-state index contributed by atoms with van der Waals surface area (Å²) in [6.45, 7) is 3.69. The van der Waals surface area contributed by atoms with E-state index < -0.39 is 4.92 Å². The normalized spacial score (nSPS) is 13.4. The van der Waals surface area contributed by atoms with E-state index in [2.05, 4.69) is 5.32 Å². The topological polar surface area (TPSA) is 81.5 Å². The van der Waals surface area contributed by atoms with Crippen molar-refractivity contribution in [3.8, 4) is 5.75 Å². The number of nitrogens with one attached hydrogen (secondary N) is 1. The zero-order valence-corrected chi connectivity index (χ0v) is 12.3. The monoisotopic (exact) mass is 300 g/mol. The van der Waals surface area contributed by atoms with Crippen LogP contribution in [-0.2, 0) is 0 Å². The summed E-state index contributed by atoms with van der Waals surface area (Å²) in [5.41, 5.74) is 0.132. The molecule has 0 spiro atoms. The van der Waals surface area contributed by atoms with Crippen LogP contribution in [0.5, 0.6) is 5.75 Å². The van der Waals surface area contributed by atoms with Gasteiger partial charge in [-0.3, -0.25) is 14.9 Å². The van der Waals surface area contributed by atoms with Crippen LogP contribution in [0.25, 0.3) is 0 Å². The fourth-order valence-electron chi connectivity index (χ4n) is 1.83. The third kappa shape index (κ3) is 4.38. The Bertz CT molecular complexity index is 505. The lowest BCUT2D eigenvalue weighted by atomic mass is 10.1. The Balaban J connectivity index is 2.90. The number of carbonyl (C=O) groups is 1. The van der Waals surface area contributed by atoms with Crippen LogP contribution < -0.4 is 10.1 Å². The number of amides is 1. The quantitative estimate of drug-likeness (QED) is 0.497. The molecule has 20 heavy (non-hydrogen) atoms. The Morgan fingerprint density at radius 3 is 2.65 bits per heavy atom. The van der Waals surface area contributed by atoms with E-state index in [4.69, 9.17) is 16.3 Å². The Hall–Kier alpha value is -1.82. The molecule has 0 aliphatic carbocycles. The Kier molecular flexibility index (Phi) is 5.76. The maximum absolute atomic E-state index is 12.1. The summed E-state index contributed by atoms with van der Waals surface area (Å²) in [7, 11) is 1.36. The van der Waals surface area contributed by atoms with Crippen molar-refractivity contribution in [2.45, 2.75) is 31.7 Å². The van der Waals surface area contributed by atoms with Crippen molar-refractivity contribution in [3.63, 3.8) is 0 Å². The fraction of sp³-hybridized carbons (Fsp3) is 0.462. The molecule has 110 valence electrons. The third-order valence-electron chi connectivity index (χ3n) is 2.70. The average molecular weight is 301 g/mol. The number of halogens is 1. The molecule has 0 saturated carbocycles. The van der Waals surface area contributed by atoms with Crippen molar-refractivity contribution in [2.24, 2.45) is 0 Å². The van der Waals surface area contributed by atoms with E-state index in [-0.39, 0.29) is 34.3 Å². The molecule has 0 saturated heterocycles. The van der Waals surface area contributed by atoms with E-state index in [1.807, 2.05) is 13.8 Å². The van der Waals surface area contributed by atoms with Crippen molar-refractivity contribution >= 4 is 23.2 Å². The second-order valence-corrected chi connectivity index (χ2v) is 5.28. The van der Waals surface area contributed by atoms with Crippen LogP contribution in [0.15, 0.2) is 18.2 Å². The molecule has 2 unspecified atom stereocenters. The van der Waals surface area contributed by atoms with Gasteiger partial charge in [0.1, 0.15) is 5.75 Å². The fourth-order valence-corrected chi connectivity index (χ4v) is 2.10. The van der Waals surface area contributed by atoms with Gasteiger partial charge in [0, 0.05) is 17.5 Å². The summed E-state index contributed by atoms with van der Waals surface area (Å²) in [5, 5.41) is 13.4. The first-order valence-corrected chi connectivity index (χ1v) is 6.56. The van der Waals surface area contributed by atoms with E-state index >= 15 is 0 Å². The van der Waals surface area contributed by atoms with E-state index in [1.54, 1.807) is 0 Å². The molecule has 0 fully saturated rings. The molecule has 0 heterocycles. The minimum absolute atomic E-state index is 0.0518. The van der Waals surface area contributed by atoms with E-state index in [0.29, 0.717) is 6.42 Å². The molecule has 0 bridgehead atoms. The van der Waals surface area contributed by atoms with Gasteiger partial charge in [-0.1, -0.05) is 0 Å². The van der Waals surface area contributed by atoms with Crippen molar-refractivity contribution < 1.29 is 14.5 Å². The van der Waals surface area contributed by atoms with Crippen LogP contribution in [0.1, 0.15) is 30.6 Å². The minimum Gasteiger partial charge on any atom is -0.496 e. The number of methoxy groups -OCH3 is 1. The summed E-state index contributed by atoms with van der Waals surface area (Å²) >= 11 is 5.87. The Morgan fingerprint density at radius 1 is 1.50 bits per heavy atom. The van der Waals surface area contributed by atoms with Gasteiger partial charge in [0.25, 0.3) is 11.6 Å². The molecular weight excluding hydrogens is 284 g/mol. The van der Waals surface area contributed by atoms with Gasteiger partial charge in [-0.05, 0) is 26.3 Å². The zero-order chi connectivity index (χ0) is 15.3. The molecule has 1 aromatic carbocycles. The molecule has 1 N–H and O–H groups in total. The van der Waals surface area contributed by atoms with Crippen LogP contribution in [0, 0.1) is 10.1 Å². The number of alkyl halides is 1. The summed E-state index contributed by atoms with van der Waals surface area (Å²) < 4.78 is 5.03. The molecule has 1 aromatic rings. The number of hydrogen-bond donors (Lipinski definition) is 1. The molecule has 0 aliphatic heterocycles. The van der Waals surface area contributed by atoms with Gasteiger partial charge in [-0.15, -0.1) is 11.6 Å². The second kappa shape index (κ2) is 7.09. The zero-order valence-electron chi connectivity index (χ0n) is 11.6. The largest absolute Gasteiger partial charge is 0.496 e. The first kappa shape index (κ1) is 16.2. The Morgan fingerprint density at radius 2 is 2.15 bits per heavy atom. The molecule has 1 rings (SSSR count). The predicted molar refractivity (Wildman–Crippen MR) is 76.5 cm³/mol. The maximum Gasteiger partial charge on any atom is 0.273 e. The first-order valence-electron chi connectivity index (χ1n) is 6.12. The minimum atomic E-state index is -0.540. The van der Waals surface area contributed by atoms with Crippen molar-refractivity contribution in [3.05, 3.63) is 33.9 Å². The highest BCUT2D eigenvalue weighted by molar-refractivity contribution is 6.20.